The summed E-state index contributed by atoms with van der Waals surface area (Å²) in [6, 6.07) is 0. The van der Waals surface area contributed by atoms with Crippen LogP contribution in [0.15, 0.2) is 52.8 Å². The normalized spacial score (nSPS) is 27.1. The van der Waals surface area contributed by atoms with Crippen molar-refractivity contribution in [3.8, 4) is 0 Å². The van der Waals surface area contributed by atoms with Crippen molar-refractivity contribution in [2.24, 2.45) is 10.9 Å². The monoisotopic (exact) mass is 241 g/mol. The first-order valence-corrected chi connectivity index (χ1v) is 6.63. The van der Waals surface area contributed by atoms with Gasteiger partial charge in [0.25, 0.3) is 0 Å². The number of piperazine rings is 1. The van der Waals surface area contributed by atoms with Gasteiger partial charge in [-0.3, -0.25) is 0 Å². The number of nitrogens with zero attached hydrogens (tertiary/aromatic N) is 2. The van der Waals surface area contributed by atoms with E-state index in [1.165, 1.54) is 5.57 Å². The lowest BCUT2D eigenvalue weighted by molar-refractivity contribution is 0.294. The van der Waals surface area contributed by atoms with Crippen molar-refractivity contribution in [1.82, 2.24) is 10.2 Å². The number of hydrogen-bond acceptors (Lipinski definition) is 3. The largest absolute Gasteiger partial charge is 0.354 e. The Labute approximate surface area is 108 Å². The molecule has 1 unspecified atom stereocenters. The third-order valence-corrected chi connectivity index (χ3v) is 3.57. The van der Waals surface area contributed by atoms with E-state index in [-0.39, 0.29) is 0 Å². The molecule has 3 rings (SSSR count). The standard InChI is InChI=1S/C15H19N3/c1-12-6-7-13-4-2-3-5-14(13)15(17-12)18-10-8-16-9-11-18/h2-7,13,16H,8-11H2,1H3. The van der Waals surface area contributed by atoms with Gasteiger partial charge in [-0.05, 0) is 13.0 Å². The Morgan fingerprint density at radius 3 is 2.83 bits per heavy atom. The molecular weight excluding hydrogens is 222 g/mol. The molecule has 1 atom stereocenters. The zero-order valence-corrected chi connectivity index (χ0v) is 10.8. The lowest BCUT2D eigenvalue weighted by Gasteiger charge is -2.31. The van der Waals surface area contributed by atoms with E-state index in [1.54, 1.807) is 0 Å². The van der Waals surface area contributed by atoms with Gasteiger partial charge in [0.05, 0.1) is 0 Å². The highest BCUT2D eigenvalue weighted by atomic mass is 15.3. The molecule has 2 aliphatic heterocycles. The third kappa shape index (κ3) is 2.18. The summed E-state index contributed by atoms with van der Waals surface area (Å²) in [4.78, 5) is 7.21. The van der Waals surface area contributed by atoms with Gasteiger partial charge in [-0.15, -0.1) is 0 Å². The molecule has 3 nitrogen and oxygen atoms in total. The van der Waals surface area contributed by atoms with Gasteiger partial charge in [-0.2, -0.15) is 0 Å². The van der Waals surface area contributed by atoms with E-state index in [9.17, 15) is 0 Å². The van der Waals surface area contributed by atoms with E-state index >= 15 is 0 Å². The highest BCUT2D eigenvalue weighted by Crippen LogP contribution is 2.28. The van der Waals surface area contributed by atoms with Crippen LogP contribution in [0.4, 0.5) is 0 Å². The Bertz CT molecular complexity index is 474. The van der Waals surface area contributed by atoms with Crippen molar-refractivity contribution in [1.29, 1.82) is 0 Å². The fourth-order valence-corrected chi connectivity index (χ4v) is 2.59. The van der Waals surface area contributed by atoms with Crippen LogP contribution >= 0.6 is 0 Å². The average Bonchev–Trinajstić information content (AvgIpc) is 2.60. The van der Waals surface area contributed by atoms with E-state index < -0.39 is 0 Å². The number of allylic oxidation sites excluding steroid dienone is 7. The Hall–Kier alpha value is -1.61. The highest BCUT2D eigenvalue weighted by molar-refractivity contribution is 5.94. The highest BCUT2D eigenvalue weighted by Gasteiger charge is 2.21. The topological polar surface area (TPSA) is 27.6 Å². The van der Waals surface area contributed by atoms with E-state index in [2.05, 4.69) is 53.6 Å². The van der Waals surface area contributed by atoms with Gasteiger partial charge < -0.3 is 10.2 Å². The van der Waals surface area contributed by atoms with Crippen LogP contribution in [0, 0.1) is 5.92 Å². The summed E-state index contributed by atoms with van der Waals surface area (Å²) >= 11 is 0. The molecule has 3 aliphatic rings. The Balaban J connectivity index is 2.01. The lowest BCUT2D eigenvalue weighted by Crippen LogP contribution is -2.43. The van der Waals surface area contributed by atoms with Gasteiger partial charge in [0, 0.05) is 43.4 Å². The van der Waals surface area contributed by atoms with E-state index in [0.29, 0.717) is 5.92 Å². The second-order valence-electron chi connectivity index (χ2n) is 4.90. The molecule has 0 saturated carbocycles. The maximum atomic E-state index is 4.81. The molecule has 1 N–H and O–H groups in total. The van der Waals surface area contributed by atoms with Gasteiger partial charge in [-0.25, -0.2) is 4.99 Å². The molecule has 94 valence electrons. The SMILES string of the molecule is CC1=NC(N2CCNCC2)=C2C=CC=CC2C=C1. The van der Waals surface area contributed by atoms with Crippen molar-refractivity contribution in [3.05, 3.63) is 47.9 Å². The molecule has 3 heteroatoms. The smallest absolute Gasteiger partial charge is 0.133 e. The van der Waals surface area contributed by atoms with Crippen LogP contribution in [0.2, 0.25) is 0 Å². The molecule has 0 aromatic heterocycles. The number of rotatable bonds is 1. The molecule has 0 amide bonds. The number of fused-ring (bicyclic) bond motifs is 1. The summed E-state index contributed by atoms with van der Waals surface area (Å²) in [6.45, 7) is 6.25. The second-order valence-corrected chi connectivity index (χ2v) is 4.90. The number of nitrogens with one attached hydrogen (secondary N) is 1. The van der Waals surface area contributed by atoms with Gasteiger partial charge >= 0.3 is 0 Å². The Kier molecular flexibility index (Phi) is 3.15. The number of aliphatic imine (C=N–C) groups is 1. The second kappa shape index (κ2) is 4.94. The summed E-state index contributed by atoms with van der Waals surface area (Å²) in [7, 11) is 0. The Morgan fingerprint density at radius 1 is 1.17 bits per heavy atom. The van der Waals surface area contributed by atoms with Gasteiger partial charge in [-0.1, -0.05) is 30.4 Å². The molecule has 2 heterocycles. The minimum Gasteiger partial charge on any atom is -0.354 e. The van der Waals surface area contributed by atoms with Crippen molar-refractivity contribution in [2.75, 3.05) is 26.2 Å². The van der Waals surface area contributed by atoms with Gasteiger partial charge in [0.2, 0.25) is 0 Å². The Morgan fingerprint density at radius 2 is 2.00 bits per heavy atom. The molecule has 1 fully saturated rings. The van der Waals surface area contributed by atoms with E-state index in [1.807, 2.05) is 0 Å². The maximum Gasteiger partial charge on any atom is 0.133 e. The first-order valence-electron chi connectivity index (χ1n) is 6.63. The summed E-state index contributed by atoms with van der Waals surface area (Å²) in [5, 5.41) is 3.39. The van der Waals surface area contributed by atoms with Gasteiger partial charge in [0.15, 0.2) is 0 Å². The van der Waals surface area contributed by atoms with Crippen LogP contribution in [0.5, 0.6) is 0 Å². The number of hydrogen-bond donors (Lipinski definition) is 1. The van der Waals surface area contributed by atoms with Crippen molar-refractivity contribution < 1.29 is 0 Å². The third-order valence-electron chi connectivity index (χ3n) is 3.57. The van der Waals surface area contributed by atoms with Crippen molar-refractivity contribution >= 4 is 5.71 Å². The zero-order chi connectivity index (χ0) is 12.4. The molecule has 0 spiro atoms. The van der Waals surface area contributed by atoms with Crippen LogP contribution in [0.25, 0.3) is 0 Å². The first kappa shape index (κ1) is 11.5. The molecule has 18 heavy (non-hydrogen) atoms. The molecule has 1 aliphatic carbocycles. The summed E-state index contributed by atoms with van der Waals surface area (Å²) < 4.78 is 0. The molecular formula is C15H19N3. The van der Waals surface area contributed by atoms with Crippen molar-refractivity contribution in [3.63, 3.8) is 0 Å². The lowest BCUT2D eigenvalue weighted by atomic mass is 9.94. The molecule has 0 bridgehead atoms. The van der Waals surface area contributed by atoms with Crippen molar-refractivity contribution in [2.45, 2.75) is 6.92 Å². The van der Waals surface area contributed by atoms with Crippen LogP contribution in [-0.2, 0) is 0 Å². The molecule has 0 aromatic carbocycles. The van der Waals surface area contributed by atoms with Gasteiger partial charge in [0.1, 0.15) is 5.82 Å². The predicted octanol–water partition coefficient (Wildman–Crippen LogP) is 1.88. The minimum atomic E-state index is 0.376. The average molecular weight is 241 g/mol. The minimum absolute atomic E-state index is 0.376. The van der Waals surface area contributed by atoms with Crippen LogP contribution in [-0.4, -0.2) is 36.8 Å². The molecule has 0 radical (unpaired) electrons. The van der Waals surface area contributed by atoms with E-state index in [0.717, 1.165) is 37.7 Å². The summed E-state index contributed by atoms with van der Waals surface area (Å²) in [5.74, 6) is 1.53. The molecule has 1 saturated heterocycles. The fraction of sp³-hybridized carbons (Fsp3) is 0.400. The summed E-state index contributed by atoms with van der Waals surface area (Å²) in [6.07, 6.45) is 13.0. The first-order chi connectivity index (χ1) is 8.84. The summed E-state index contributed by atoms with van der Waals surface area (Å²) in [5.41, 5.74) is 2.42. The van der Waals surface area contributed by atoms with Crippen LogP contribution in [0.3, 0.4) is 0 Å². The van der Waals surface area contributed by atoms with Crippen LogP contribution < -0.4 is 5.32 Å². The molecule has 0 aromatic rings. The zero-order valence-electron chi connectivity index (χ0n) is 10.8. The fourth-order valence-electron chi connectivity index (χ4n) is 2.59. The maximum absolute atomic E-state index is 4.81. The van der Waals surface area contributed by atoms with Crippen LogP contribution in [0.1, 0.15) is 6.92 Å². The van der Waals surface area contributed by atoms with E-state index in [4.69, 9.17) is 4.99 Å². The quantitative estimate of drug-likeness (QED) is 0.759. The predicted molar refractivity (Wildman–Crippen MR) is 75.5 cm³/mol.